The van der Waals surface area contributed by atoms with Gasteiger partial charge < -0.3 is 19.1 Å². The number of aryl methyl sites for hydroxylation is 2. The summed E-state index contributed by atoms with van der Waals surface area (Å²) in [6, 6.07) is 13.3. The van der Waals surface area contributed by atoms with Gasteiger partial charge in [-0.15, -0.1) is 0 Å². The van der Waals surface area contributed by atoms with Crippen molar-refractivity contribution in [1.29, 1.82) is 0 Å². The Morgan fingerprint density at radius 3 is 2.67 bits per heavy atom. The van der Waals surface area contributed by atoms with Gasteiger partial charge in [-0.05, 0) is 49.2 Å². The highest BCUT2D eigenvalue weighted by atomic mass is 16.5. The lowest BCUT2D eigenvalue weighted by Crippen LogP contribution is -2.40. The topological polar surface area (TPSA) is 88.8 Å². The Balaban J connectivity index is 1.33. The summed E-state index contributed by atoms with van der Waals surface area (Å²) < 4.78 is 10.9. The number of aromatic nitrogens is 2. The number of benzene rings is 2. The second-order valence-corrected chi connectivity index (χ2v) is 8.62. The Bertz CT molecular complexity index is 1200. The minimum atomic E-state index is -0.168. The van der Waals surface area contributed by atoms with Gasteiger partial charge in [-0.3, -0.25) is 9.59 Å². The van der Waals surface area contributed by atoms with E-state index in [9.17, 15) is 9.59 Å². The van der Waals surface area contributed by atoms with Gasteiger partial charge in [0.15, 0.2) is 0 Å². The van der Waals surface area contributed by atoms with E-state index in [0.29, 0.717) is 62.1 Å². The molecule has 0 radical (unpaired) electrons. The minimum Gasteiger partial charge on any atom is -0.378 e. The Hall–Kier alpha value is -3.52. The number of anilines is 1. The molecule has 3 heterocycles. The van der Waals surface area contributed by atoms with Gasteiger partial charge in [0.05, 0.1) is 19.1 Å². The molecule has 170 valence electrons. The first kappa shape index (κ1) is 21.3. The highest BCUT2D eigenvalue weighted by molar-refractivity contribution is 5.96. The highest BCUT2D eigenvalue weighted by Gasteiger charge is 2.35. The van der Waals surface area contributed by atoms with Crippen molar-refractivity contribution >= 4 is 17.5 Å². The zero-order valence-corrected chi connectivity index (χ0v) is 18.8. The average molecular weight is 447 g/mol. The largest absolute Gasteiger partial charge is 0.378 e. The molecule has 0 bridgehead atoms. The quantitative estimate of drug-likeness (QED) is 0.611. The van der Waals surface area contributed by atoms with Gasteiger partial charge in [-0.25, -0.2) is 0 Å². The molecule has 0 aliphatic carbocycles. The van der Waals surface area contributed by atoms with Crippen LogP contribution in [0.5, 0.6) is 0 Å². The molecule has 0 saturated carbocycles. The van der Waals surface area contributed by atoms with Crippen molar-refractivity contribution in [3.63, 3.8) is 0 Å². The third-order valence-corrected chi connectivity index (χ3v) is 6.38. The molecule has 8 nitrogen and oxygen atoms in total. The second-order valence-electron chi connectivity index (χ2n) is 8.62. The van der Waals surface area contributed by atoms with Gasteiger partial charge in [-0.2, -0.15) is 4.98 Å². The van der Waals surface area contributed by atoms with Crippen LogP contribution >= 0.6 is 0 Å². The molecular formula is C25H26N4O4. The molecule has 33 heavy (non-hydrogen) atoms. The second kappa shape index (κ2) is 8.78. The molecule has 1 unspecified atom stereocenters. The fourth-order valence-electron chi connectivity index (χ4n) is 4.27. The number of hydrogen-bond donors (Lipinski definition) is 0. The van der Waals surface area contributed by atoms with Gasteiger partial charge in [-0.1, -0.05) is 23.4 Å². The molecular weight excluding hydrogens is 420 g/mol. The molecule has 0 N–H and O–H groups in total. The summed E-state index contributed by atoms with van der Waals surface area (Å²) in [5.74, 6) is 0.697. The molecule has 1 atom stereocenters. The molecule has 0 spiro atoms. The van der Waals surface area contributed by atoms with E-state index >= 15 is 0 Å². The van der Waals surface area contributed by atoms with Gasteiger partial charge in [0, 0.05) is 42.9 Å². The van der Waals surface area contributed by atoms with Crippen LogP contribution in [0.2, 0.25) is 0 Å². The number of carbonyl (C=O) groups is 2. The first-order valence-electron chi connectivity index (χ1n) is 11.2. The van der Waals surface area contributed by atoms with Crippen LogP contribution in [0.3, 0.4) is 0 Å². The maximum absolute atomic E-state index is 12.8. The normalized spacial score (nSPS) is 18.7. The molecule has 2 saturated heterocycles. The standard InChI is InChI=1S/C25H26N4O4/c1-16-6-7-21(12-17(16)2)29-15-20(14-22(29)30)24-26-23(27-33-24)18-4-3-5-19(13-18)25(31)28-8-10-32-11-9-28/h3-7,12-13,20H,8-11,14-15H2,1-2H3. The maximum atomic E-state index is 12.8. The lowest BCUT2D eigenvalue weighted by Gasteiger charge is -2.26. The smallest absolute Gasteiger partial charge is 0.254 e. The zero-order valence-electron chi connectivity index (χ0n) is 18.8. The van der Waals surface area contributed by atoms with Crippen LogP contribution in [0, 0.1) is 13.8 Å². The summed E-state index contributed by atoms with van der Waals surface area (Å²) in [5, 5.41) is 4.13. The van der Waals surface area contributed by atoms with E-state index in [2.05, 4.69) is 17.1 Å². The van der Waals surface area contributed by atoms with E-state index in [4.69, 9.17) is 9.26 Å². The van der Waals surface area contributed by atoms with Crippen LogP contribution in [-0.4, -0.2) is 59.7 Å². The number of hydrogen-bond acceptors (Lipinski definition) is 6. The molecule has 5 rings (SSSR count). The summed E-state index contributed by atoms with van der Waals surface area (Å²) >= 11 is 0. The first-order valence-corrected chi connectivity index (χ1v) is 11.2. The van der Waals surface area contributed by atoms with Crippen molar-refractivity contribution in [2.24, 2.45) is 0 Å². The van der Waals surface area contributed by atoms with Crippen LogP contribution in [0.25, 0.3) is 11.4 Å². The van der Waals surface area contributed by atoms with Crippen LogP contribution in [0.4, 0.5) is 5.69 Å². The third-order valence-electron chi connectivity index (χ3n) is 6.38. The van der Waals surface area contributed by atoms with E-state index in [0.717, 1.165) is 11.3 Å². The number of rotatable bonds is 4. The Labute approximate surface area is 192 Å². The molecule has 2 aliphatic heterocycles. The lowest BCUT2D eigenvalue weighted by atomic mass is 10.1. The van der Waals surface area contributed by atoms with Crippen LogP contribution in [0.15, 0.2) is 47.0 Å². The van der Waals surface area contributed by atoms with Crippen molar-refractivity contribution in [3.8, 4) is 11.4 Å². The Morgan fingerprint density at radius 1 is 1.06 bits per heavy atom. The molecule has 1 aromatic heterocycles. The van der Waals surface area contributed by atoms with Crippen LogP contribution in [0.1, 0.15) is 39.7 Å². The minimum absolute atomic E-state index is 0.0331. The van der Waals surface area contributed by atoms with Gasteiger partial charge >= 0.3 is 0 Å². The highest BCUT2D eigenvalue weighted by Crippen LogP contribution is 2.32. The molecule has 2 aliphatic rings. The molecule has 2 fully saturated rings. The number of ether oxygens (including phenoxy) is 1. The van der Waals surface area contributed by atoms with Crippen molar-refractivity contribution in [2.45, 2.75) is 26.2 Å². The van der Waals surface area contributed by atoms with E-state index < -0.39 is 0 Å². The fourth-order valence-corrected chi connectivity index (χ4v) is 4.27. The zero-order chi connectivity index (χ0) is 22.9. The lowest BCUT2D eigenvalue weighted by molar-refractivity contribution is -0.117. The van der Waals surface area contributed by atoms with Crippen molar-refractivity contribution < 1.29 is 18.8 Å². The summed E-state index contributed by atoms with van der Waals surface area (Å²) in [6.45, 7) is 6.87. The number of nitrogens with zero attached hydrogens (tertiary/aromatic N) is 4. The molecule has 2 aromatic carbocycles. The van der Waals surface area contributed by atoms with Crippen LogP contribution in [-0.2, 0) is 9.53 Å². The van der Waals surface area contributed by atoms with E-state index in [1.165, 1.54) is 5.56 Å². The monoisotopic (exact) mass is 446 g/mol. The fraction of sp³-hybridized carbons (Fsp3) is 0.360. The SMILES string of the molecule is Cc1ccc(N2CC(c3nc(-c4cccc(C(=O)N5CCOCC5)c4)no3)CC2=O)cc1C. The average Bonchev–Trinajstić information content (AvgIpc) is 3.48. The number of amides is 2. The molecule has 3 aromatic rings. The third kappa shape index (κ3) is 4.26. The number of morpholine rings is 1. The summed E-state index contributed by atoms with van der Waals surface area (Å²) in [4.78, 5) is 33.6. The van der Waals surface area contributed by atoms with Gasteiger partial charge in [0.2, 0.25) is 17.6 Å². The van der Waals surface area contributed by atoms with E-state index in [1.54, 1.807) is 21.9 Å². The van der Waals surface area contributed by atoms with Crippen molar-refractivity contribution in [1.82, 2.24) is 15.0 Å². The predicted octanol–water partition coefficient (Wildman–Crippen LogP) is 3.35. The predicted molar refractivity (Wildman–Crippen MR) is 122 cm³/mol. The Kier molecular flexibility index (Phi) is 5.68. The summed E-state index contributed by atoms with van der Waals surface area (Å²) in [7, 11) is 0. The molecule has 2 amide bonds. The first-order chi connectivity index (χ1) is 16.0. The Morgan fingerprint density at radius 2 is 1.88 bits per heavy atom. The van der Waals surface area contributed by atoms with Crippen molar-refractivity contribution in [2.75, 3.05) is 37.7 Å². The molecule has 8 heteroatoms. The van der Waals surface area contributed by atoms with E-state index in [1.807, 2.05) is 37.3 Å². The maximum Gasteiger partial charge on any atom is 0.254 e. The van der Waals surface area contributed by atoms with Crippen LogP contribution < -0.4 is 4.90 Å². The van der Waals surface area contributed by atoms with Gasteiger partial charge in [0.25, 0.3) is 5.91 Å². The van der Waals surface area contributed by atoms with Crippen molar-refractivity contribution in [3.05, 3.63) is 65.0 Å². The van der Waals surface area contributed by atoms with Gasteiger partial charge in [0.1, 0.15) is 0 Å². The number of carbonyl (C=O) groups excluding carboxylic acids is 2. The van der Waals surface area contributed by atoms with E-state index in [-0.39, 0.29) is 17.7 Å². The summed E-state index contributed by atoms with van der Waals surface area (Å²) in [6.07, 6.45) is 0.324. The summed E-state index contributed by atoms with van der Waals surface area (Å²) in [5.41, 5.74) is 4.52.